The number of hydrogen-bond donors (Lipinski definition) is 2. The first-order valence-corrected chi connectivity index (χ1v) is 6.89. The van der Waals surface area contributed by atoms with Crippen molar-refractivity contribution in [3.8, 4) is 0 Å². The molecule has 1 aromatic heterocycles. The molecule has 0 bridgehead atoms. The van der Waals surface area contributed by atoms with Gasteiger partial charge in [-0.15, -0.1) is 0 Å². The molecule has 0 fully saturated rings. The van der Waals surface area contributed by atoms with E-state index in [1.165, 1.54) is 0 Å². The quantitative estimate of drug-likeness (QED) is 0.628. The number of aryl methyl sites for hydroxylation is 1. The zero-order valence-corrected chi connectivity index (χ0v) is 12.3. The molecule has 0 radical (unpaired) electrons. The SMILES string of the molecule is CCOC(=O)c1cc(NCCn2cc(C)cn2)ccc1N. The van der Waals surface area contributed by atoms with E-state index in [0.29, 0.717) is 24.4 Å². The zero-order chi connectivity index (χ0) is 15.2. The van der Waals surface area contributed by atoms with Gasteiger partial charge in [0.2, 0.25) is 0 Å². The summed E-state index contributed by atoms with van der Waals surface area (Å²) in [6.07, 6.45) is 3.80. The van der Waals surface area contributed by atoms with Gasteiger partial charge < -0.3 is 15.8 Å². The standard InChI is InChI=1S/C15H20N4O2/c1-3-21-15(20)13-8-12(4-5-14(13)16)17-6-7-19-10-11(2)9-18-19/h4-5,8-10,17H,3,6-7,16H2,1-2H3. The Morgan fingerprint density at radius 2 is 2.29 bits per heavy atom. The van der Waals surface area contributed by atoms with Gasteiger partial charge in [0.1, 0.15) is 0 Å². The third kappa shape index (κ3) is 3.98. The van der Waals surface area contributed by atoms with Gasteiger partial charge in [-0.3, -0.25) is 4.68 Å². The molecule has 1 heterocycles. The molecular weight excluding hydrogens is 268 g/mol. The first-order valence-electron chi connectivity index (χ1n) is 6.89. The molecule has 1 aromatic carbocycles. The van der Waals surface area contributed by atoms with Crippen LogP contribution in [0.5, 0.6) is 0 Å². The normalized spacial score (nSPS) is 10.4. The lowest BCUT2D eigenvalue weighted by Crippen LogP contribution is -2.12. The largest absolute Gasteiger partial charge is 0.462 e. The van der Waals surface area contributed by atoms with Gasteiger partial charge in [-0.05, 0) is 37.6 Å². The molecule has 0 saturated heterocycles. The molecule has 0 atom stereocenters. The molecule has 0 spiro atoms. The van der Waals surface area contributed by atoms with Crippen LogP contribution in [0.15, 0.2) is 30.6 Å². The van der Waals surface area contributed by atoms with Gasteiger partial charge in [0.25, 0.3) is 0 Å². The van der Waals surface area contributed by atoms with E-state index in [1.807, 2.05) is 30.1 Å². The van der Waals surface area contributed by atoms with Gasteiger partial charge in [-0.1, -0.05) is 0 Å². The Bertz CT molecular complexity index is 622. The maximum atomic E-state index is 11.8. The minimum atomic E-state index is -0.402. The molecule has 2 rings (SSSR count). The molecule has 2 aromatic rings. The van der Waals surface area contributed by atoms with Crippen molar-refractivity contribution in [3.05, 3.63) is 41.7 Å². The molecule has 0 aliphatic rings. The fourth-order valence-electron chi connectivity index (χ4n) is 1.96. The van der Waals surface area contributed by atoms with E-state index in [1.54, 1.807) is 19.1 Å². The molecular formula is C15H20N4O2. The van der Waals surface area contributed by atoms with Crippen molar-refractivity contribution in [2.24, 2.45) is 0 Å². The van der Waals surface area contributed by atoms with E-state index in [9.17, 15) is 4.79 Å². The minimum Gasteiger partial charge on any atom is -0.462 e. The van der Waals surface area contributed by atoms with E-state index in [2.05, 4.69) is 10.4 Å². The summed E-state index contributed by atoms with van der Waals surface area (Å²) >= 11 is 0. The Balaban J connectivity index is 1.97. The van der Waals surface area contributed by atoms with E-state index in [-0.39, 0.29) is 0 Å². The molecule has 0 aliphatic carbocycles. The smallest absolute Gasteiger partial charge is 0.340 e. The van der Waals surface area contributed by atoms with Gasteiger partial charge in [0.15, 0.2) is 0 Å². The highest BCUT2D eigenvalue weighted by atomic mass is 16.5. The fourth-order valence-corrected chi connectivity index (χ4v) is 1.96. The summed E-state index contributed by atoms with van der Waals surface area (Å²) in [7, 11) is 0. The Hall–Kier alpha value is -2.50. The van der Waals surface area contributed by atoms with Gasteiger partial charge in [-0.2, -0.15) is 5.10 Å². The third-order valence-electron chi connectivity index (χ3n) is 2.98. The number of carbonyl (C=O) groups is 1. The van der Waals surface area contributed by atoms with Crippen LogP contribution in [0.1, 0.15) is 22.8 Å². The number of carbonyl (C=O) groups excluding carboxylic acids is 1. The summed E-state index contributed by atoms with van der Waals surface area (Å²) in [5.41, 5.74) is 8.57. The van der Waals surface area contributed by atoms with Gasteiger partial charge >= 0.3 is 5.97 Å². The average Bonchev–Trinajstić information content (AvgIpc) is 2.86. The fraction of sp³-hybridized carbons (Fsp3) is 0.333. The van der Waals surface area contributed by atoms with Gasteiger partial charge in [0.05, 0.1) is 24.9 Å². The third-order valence-corrected chi connectivity index (χ3v) is 2.98. The van der Waals surface area contributed by atoms with Crippen molar-refractivity contribution in [3.63, 3.8) is 0 Å². The predicted octanol–water partition coefficient (Wildman–Crippen LogP) is 2.06. The number of hydrogen-bond acceptors (Lipinski definition) is 5. The molecule has 0 saturated carbocycles. The van der Waals surface area contributed by atoms with Crippen molar-refractivity contribution in [1.82, 2.24) is 9.78 Å². The molecule has 3 N–H and O–H groups in total. The Morgan fingerprint density at radius 3 is 2.95 bits per heavy atom. The number of rotatable bonds is 6. The number of benzene rings is 1. The number of aromatic nitrogens is 2. The average molecular weight is 288 g/mol. The first kappa shape index (κ1) is 14.9. The van der Waals surface area contributed by atoms with Crippen LogP contribution in [-0.2, 0) is 11.3 Å². The molecule has 0 amide bonds. The summed E-state index contributed by atoms with van der Waals surface area (Å²) in [4.78, 5) is 11.8. The Morgan fingerprint density at radius 1 is 1.48 bits per heavy atom. The summed E-state index contributed by atoms with van der Waals surface area (Å²) < 4.78 is 6.85. The van der Waals surface area contributed by atoms with Crippen molar-refractivity contribution < 1.29 is 9.53 Å². The van der Waals surface area contributed by atoms with Crippen LogP contribution in [-0.4, -0.2) is 28.9 Å². The number of ether oxygens (including phenoxy) is 1. The molecule has 6 nitrogen and oxygen atoms in total. The van der Waals surface area contributed by atoms with Crippen molar-refractivity contribution >= 4 is 17.3 Å². The molecule has 0 unspecified atom stereocenters. The highest BCUT2D eigenvalue weighted by Crippen LogP contribution is 2.18. The lowest BCUT2D eigenvalue weighted by Gasteiger charge is -2.10. The highest BCUT2D eigenvalue weighted by Gasteiger charge is 2.11. The molecule has 21 heavy (non-hydrogen) atoms. The summed E-state index contributed by atoms with van der Waals surface area (Å²) in [5, 5.41) is 7.46. The van der Waals surface area contributed by atoms with Gasteiger partial charge in [0, 0.05) is 24.1 Å². The van der Waals surface area contributed by atoms with Crippen molar-refractivity contribution in [2.45, 2.75) is 20.4 Å². The second kappa shape index (κ2) is 6.78. The number of nitrogens with zero attached hydrogens (tertiary/aromatic N) is 2. The lowest BCUT2D eigenvalue weighted by molar-refractivity contribution is 0.0527. The number of nitrogens with one attached hydrogen (secondary N) is 1. The highest BCUT2D eigenvalue weighted by molar-refractivity contribution is 5.96. The van der Waals surface area contributed by atoms with E-state index in [0.717, 1.165) is 17.8 Å². The first-order chi connectivity index (χ1) is 10.1. The van der Waals surface area contributed by atoms with Gasteiger partial charge in [-0.25, -0.2) is 4.79 Å². The van der Waals surface area contributed by atoms with E-state index >= 15 is 0 Å². The minimum absolute atomic E-state index is 0.328. The van der Waals surface area contributed by atoms with Crippen LogP contribution < -0.4 is 11.1 Å². The topological polar surface area (TPSA) is 82.2 Å². The monoisotopic (exact) mass is 288 g/mol. The number of nitrogens with two attached hydrogens (primary N) is 1. The second-order valence-electron chi connectivity index (χ2n) is 4.73. The van der Waals surface area contributed by atoms with Crippen molar-refractivity contribution in [2.75, 3.05) is 24.2 Å². The maximum Gasteiger partial charge on any atom is 0.340 e. The predicted molar refractivity (Wildman–Crippen MR) is 82.3 cm³/mol. The Labute approximate surface area is 123 Å². The van der Waals surface area contributed by atoms with Crippen molar-refractivity contribution in [1.29, 1.82) is 0 Å². The van der Waals surface area contributed by atoms with Crippen LogP contribution >= 0.6 is 0 Å². The molecule has 6 heteroatoms. The van der Waals surface area contributed by atoms with E-state index in [4.69, 9.17) is 10.5 Å². The van der Waals surface area contributed by atoms with Crippen LogP contribution in [0, 0.1) is 6.92 Å². The lowest BCUT2D eigenvalue weighted by atomic mass is 10.1. The zero-order valence-electron chi connectivity index (χ0n) is 12.3. The molecule has 0 aliphatic heterocycles. The maximum absolute atomic E-state index is 11.8. The van der Waals surface area contributed by atoms with Crippen LogP contribution in [0.2, 0.25) is 0 Å². The van der Waals surface area contributed by atoms with Crippen LogP contribution in [0.25, 0.3) is 0 Å². The number of anilines is 2. The molecule has 112 valence electrons. The van der Waals surface area contributed by atoms with E-state index < -0.39 is 5.97 Å². The summed E-state index contributed by atoms with van der Waals surface area (Å²) in [5.74, 6) is -0.402. The summed E-state index contributed by atoms with van der Waals surface area (Å²) in [6, 6.07) is 5.25. The van der Waals surface area contributed by atoms with Crippen LogP contribution in [0.4, 0.5) is 11.4 Å². The summed E-state index contributed by atoms with van der Waals surface area (Å²) in [6.45, 7) is 5.54. The second-order valence-corrected chi connectivity index (χ2v) is 4.73. The van der Waals surface area contributed by atoms with Crippen LogP contribution in [0.3, 0.4) is 0 Å². The number of nitrogen functional groups attached to an aromatic ring is 1. The number of esters is 1. The Kier molecular flexibility index (Phi) is 4.81.